The number of rotatable bonds is 6. The summed E-state index contributed by atoms with van der Waals surface area (Å²) >= 11 is 5.96. The van der Waals surface area contributed by atoms with E-state index in [1.54, 1.807) is 7.11 Å². The number of nitrogens with one attached hydrogen (secondary N) is 2. The molecule has 6 heteroatoms. The molecule has 1 aromatic carbocycles. The fourth-order valence-electron chi connectivity index (χ4n) is 1.72. The monoisotopic (exact) mass is 292 g/mol. The Morgan fingerprint density at radius 1 is 1.20 bits per heavy atom. The zero-order valence-electron chi connectivity index (χ0n) is 11.5. The van der Waals surface area contributed by atoms with Crippen molar-refractivity contribution in [2.75, 3.05) is 30.9 Å². The molecule has 0 aliphatic carbocycles. The van der Waals surface area contributed by atoms with E-state index < -0.39 is 0 Å². The fourth-order valence-corrected chi connectivity index (χ4v) is 1.91. The highest BCUT2D eigenvalue weighted by atomic mass is 35.5. The molecule has 0 radical (unpaired) electrons. The minimum absolute atomic E-state index is 0.625. The summed E-state index contributed by atoms with van der Waals surface area (Å²) in [6.07, 6.45) is 0. The smallest absolute Gasteiger partial charge is 0.136 e. The molecule has 0 spiro atoms. The van der Waals surface area contributed by atoms with Gasteiger partial charge >= 0.3 is 0 Å². The molecule has 2 aromatic rings. The molecular weight excluding hydrogens is 276 g/mol. The van der Waals surface area contributed by atoms with Gasteiger partial charge < -0.3 is 15.4 Å². The van der Waals surface area contributed by atoms with Gasteiger partial charge in [0.25, 0.3) is 0 Å². The van der Waals surface area contributed by atoms with Gasteiger partial charge in [0.1, 0.15) is 17.5 Å². The number of halogens is 1. The van der Waals surface area contributed by atoms with Crippen LogP contribution >= 0.6 is 11.6 Å². The largest absolute Gasteiger partial charge is 0.383 e. The van der Waals surface area contributed by atoms with E-state index in [0.29, 0.717) is 24.0 Å². The van der Waals surface area contributed by atoms with Crippen molar-refractivity contribution in [1.82, 2.24) is 9.97 Å². The van der Waals surface area contributed by atoms with E-state index >= 15 is 0 Å². The Kier molecular flexibility index (Phi) is 5.15. The SMILES string of the molecule is COCCNc1cc(Nc2cccc(Cl)c2)nc(C)n1. The predicted octanol–water partition coefficient (Wildman–Crippen LogP) is 3.24. The second kappa shape index (κ2) is 7.07. The molecule has 106 valence electrons. The second-order valence-corrected chi connectivity index (χ2v) is 4.68. The van der Waals surface area contributed by atoms with E-state index in [1.165, 1.54) is 0 Å². The molecule has 1 aromatic heterocycles. The predicted molar refractivity (Wildman–Crippen MR) is 81.9 cm³/mol. The maximum Gasteiger partial charge on any atom is 0.136 e. The number of anilines is 3. The van der Waals surface area contributed by atoms with Crippen molar-refractivity contribution < 1.29 is 4.74 Å². The number of hydrogen-bond acceptors (Lipinski definition) is 5. The Morgan fingerprint density at radius 3 is 2.75 bits per heavy atom. The van der Waals surface area contributed by atoms with Crippen molar-refractivity contribution in [1.29, 1.82) is 0 Å². The zero-order chi connectivity index (χ0) is 14.4. The molecule has 0 fully saturated rings. The third-order valence-corrected chi connectivity index (χ3v) is 2.78. The van der Waals surface area contributed by atoms with Crippen molar-refractivity contribution in [3.63, 3.8) is 0 Å². The molecule has 0 amide bonds. The molecule has 20 heavy (non-hydrogen) atoms. The Hall–Kier alpha value is -1.85. The van der Waals surface area contributed by atoms with Crippen LogP contribution in [0.3, 0.4) is 0 Å². The van der Waals surface area contributed by atoms with Crippen molar-refractivity contribution in [3.05, 3.63) is 41.2 Å². The summed E-state index contributed by atoms with van der Waals surface area (Å²) < 4.78 is 5.00. The summed E-state index contributed by atoms with van der Waals surface area (Å²) in [5.41, 5.74) is 0.887. The van der Waals surface area contributed by atoms with Crippen LogP contribution < -0.4 is 10.6 Å². The fraction of sp³-hybridized carbons (Fsp3) is 0.286. The van der Waals surface area contributed by atoms with Gasteiger partial charge in [-0.25, -0.2) is 9.97 Å². The minimum atomic E-state index is 0.625. The highest BCUT2D eigenvalue weighted by Crippen LogP contribution is 2.20. The summed E-state index contributed by atoms with van der Waals surface area (Å²) in [7, 11) is 1.67. The zero-order valence-corrected chi connectivity index (χ0v) is 12.2. The lowest BCUT2D eigenvalue weighted by atomic mass is 10.3. The molecular formula is C14H17ClN4O. The third kappa shape index (κ3) is 4.36. The molecule has 5 nitrogen and oxygen atoms in total. The van der Waals surface area contributed by atoms with Gasteiger partial charge in [0, 0.05) is 30.4 Å². The number of benzene rings is 1. The quantitative estimate of drug-likeness (QED) is 0.801. The summed E-state index contributed by atoms with van der Waals surface area (Å²) in [5, 5.41) is 7.07. The van der Waals surface area contributed by atoms with Crippen LogP contribution in [0.25, 0.3) is 0 Å². The maximum atomic E-state index is 5.96. The van der Waals surface area contributed by atoms with E-state index in [4.69, 9.17) is 16.3 Å². The van der Waals surface area contributed by atoms with Crippen LogP contribution in [0, 0.1) is 6.92 Å². The molecule has 0 saturated carbocycles. The Bertz CT molecular complexity index is 577. The lowest BCUT2D eigenvalue weighted by Crippen LogP contribution is -2.10. The lowest BCUT2D eigenvalue weighted by Gasteiger charge is -2.10. The molecule has 0 bridgehead atoms. The molecule has 1 heterocycles. The van der Waals surface area contributed by atoms with E-state index in [0.717, 1.165) is 17.3 Å². The van der Waals surface area contributed by atoms with Crippen molar-refractivity contribution >= 4 is 28.9 Å². The molecule has 2 rings (SSSR count). The van der Waals surface area contributed by atoms with Gasteiger partial charge in [-0.15, -0.1) is 0 Å². The number of aryl methyl sites for hydroxylation is 1. The molecule has 0 unspecified atom stereocenters. The van der Waals surface area contributed by atoms with Crippen LogP contribution in [-0.4, -0.2) is 30.2 Å². The van der Waals surface area contributed by atoms with E-state index in [1.807, 2.05) is 37.3 Å². The normalized spacial score (nSPS) is 10.3. The highest BCUT2D eigenvalue weighted by molar-refractivity contribution is 6.30. The molecule has 0 atom stereocenters. The first-order valence-corrected chi connectivity index (χ1v) is 6.66. The van der Waals surface area contributed by atoms with Crippen LogP contribution in [0.2, 0.25) is 5.02 Å². The van der Waals surface area contributed by atoms with Gasteiger partial charge in [-0.3, -0.25) is 0 Å². The Balaban J connectivity index is 2.11. The number of ether oxygens (including phenoxy) is 1. The Labute approximate surface area is 123 Å². The number of nitrogens with zero attached hydrogens (tertiary/aromatic N) is 2. The van der Waals surface area contributed by atoms with E-state index in [2.05, 4.69) is 20.6 Å². The first kappa shape index (κ1) is 14.6. The number of aromatic nitrogens is 2. The Morgan fingerprint density at radius 2 is 2.00 bits per heavy atom. The highest BCUT2D eigenvalue weighted by Gasteiger charge is 2.02. The summed E-state index contributed by atoms with van der Waals surface area (Å²) in [5.74, 6) is 2.18. The molecule has 0 aliphatic rings. The van der Waals surface area contributed by atoms with E-state index in [-0.39, 0.29) is 0 Å². The summed E-state index contributed by atoms with van der Waals surface area (Å²) in [6.45, 7) is 3.17. The van der Waals surface area contributed by atoms with Crippen molar-refractivity contribution in [3.8, 4) is 0 Å². The maximum absolute atomic E-state index is 5.96. The first-order valence-electron chi connectivity index (χ1n) is 6.28. The second-order valence-electron chi connectivity index (χ2n) is 4.24. The summed E-state index contributed by atoms with van der Waals surface area (Å²) in [4.78, 5) is 8.67. The van der Waals surface area contributed by atoms with Gasteiger partial charge in [-0.1, -0.05) is 17.7 Å². The van der Waals surface area contributed by atoms with Gasteiger partial charge in [0.05, 0.1) is 6.61 Å². The van der Waals surface area contributed by atoms with Crippen LogP contribution in [0.15, 0.2) is 30.3 Å². The molecule has 2 N–H and O–H groups in total. The van der Waals surface area contributed by atoms with Crippen LogP contribution in [-0.2, 0) is 4.74 Å². The molecule has 0 aliphatic heterocycles. The van der Waals surface area contributed by atoms with Crippen molar-refractivity contribution in [2.24, 2.45) is 0 Å². The van der Waals surface area contributed by atoms with Gasteiger partial charge in [-0.05, 0) is 25.1 Å². The lowest BCUT2D eigenvalue weighted by molar-refractivity contribution is 0.210. The van der Waals surface area contributed by atoms with Crippen LogP contribution in [0.4, 0.5) is 17.3 Å². The van der Waals surface area contributed by atoms with E-state index in [9.17, 15) is 0 Å². The van der Waals surface area contributed by atoms with Crippen LogP contribution in [0.1, 0.15) is 5.82 Å². The van der Waals surface area contributed by atoms with Gasteiger partial charge in [0.15, 0.2) is 0 Å². The first-order chi connectivity index (χ1) is 9.67. The van der Waals surface area contributed by atoms with Crippen LogP contribution in [0.5, 0.6) is 0 Å². The average molecular weight is 293 g/mol. The topological polar surface area (TPSA) is 59.1 Å². The standard InChI is InChI=1S/C14H17ClN4O/c1-10-17-13(16-6-7-20-2)9-14(18-10)19-12-5-3-4-11(15)8-12/h3-5,8-9H,6-7H2,1-2H3,(H2,16,17,18,19). The van der Waals surface area contributed by atoms with Gasteiger partial charge in [0.2, 0.25) is 0 Å². The van der Waals surface area contributed by atoms with Crippen molar-refractivity contribution in [2.45, 2.75) is 6.92 Å². The van der Waals surface area contributed by atoms with Gasteiger partial charge in [-0.2, -0.15) is 0 Å². The number of hydrogen-bond donors (Lipinski definition) is 2. The number of methoxy groups -OCH3 is 1. The third-order valence-electron chi connectivity index (χ3n) is 2.55. The average Bonchev–Trinajstić information content (AvgIpc) is 2.38. The minimum Gasteiger partial charge on any atom is -0.383 e. The summed E-state index contributed by atoms with van der Waals surface area (Å²) in [6, 6.07) is 9.34. The molecule has 0 saturated heterocycles.